The van der Waals surface area contributed by atoms with E-state index in [4.69, 9.17) is 14.6 Å². The van der Waals surface area contributed by atoms with Gasteiger partial charge < -0.3 is 9.47 Å². The van der Waals surface area contributed by atoms with Crippen LogP contribution in [0, 0.1) is 19.8 Å². The molecule has 21 heavy (non-hydrogen) atoms. The van der Waals surface area contributed by atoms with Gasteiger partial charge in [-0.05, 0) is 43.5 Å². The Bertz CT molecular complexity index is 648. The monoisotopic (exact) mass is 313 g/mol. The predicted molar refractivity (Wildman–Crippen MR) is 76.5 cm³/mol. The van der Waals surface area contributed by atoms with Crippen molar-refractivity contribution in [2.24, 2.45) is 11.1 Å². The van der Waals surface area contributed by atoms with E-state index in [0.717, 1.165) is 6.42 Å². The Balaban J connectivity index is 2.19. The molecule has 0 saturated carbocycles. The maximum atomic E-state index is 12.0. The van der Waals surface area contributed by atoms with Gasteiger partial charge in [0.05, 0.1) is 23.7 Å². The molecule has 0 amide bonds. The van der Waals surface area contributed by atoms with E-state index < -0.39 is 16.0 Å². The van der Waals surface area contributed by atoms with Crippen molar-refractivity contribution in [2.45, 2.75) is 25.2 Å². The molecule has 1 heterocycles. The molecule has 1 unspecified atom stereocenters. The molecule has 2 rings (SSSR count). The number of benzene rings is 1. The SMILES string of the molecule is Cc1cc(C(=O)OCC2CCOC2)cc(S(N)(=O)=O)c1C. The van der Waals surface area contributed by atoms with E-state index in [-0.39, 0.29) is 23.0 Å². The summed E-state index contributed by atoms with van der Waals surface area (Å²) in [4.78, 5) is 12.0. The quantitative estimate of drug-likeness (QED) is 0.841. The van der Waals surface area contributed by atoms with Gasteiger partial charge >= 0.3 is 5.97 Å². The zero-order valence-electron chi connectivity index (χ0n) is 12.1. The summed E-state index contributed by atoms with van der Waals surface area (Å²) in [5.74, 6) is -0.340. The van der Waals surface area contributed by atoms with E-state index in [9.17, 15) is 13.2 Å². The third-order valence-corrected chi connectivity index (χ3v) is 4.67. The lowest BCUT2D eigenvalue weighted by atomic mass is 10.1. The number of nitrogens with two attached hydrogens (primary N) is 1. The molecule has 7 heteroatoms. The van der Waals surface area contributed by atoms with Crippen LogP contribution in [0.2, 0.25) is 0 Å². The minimum Gasteiger partial charge on any atom is -0.462 e. The molecule has 1 atom stereocenters. The average Bonchev–Trinajstić information content (AvgIpc) is 2.90. The first kappa shape index (κ1) is 15.9. The predicted octanol–water partition coefficient (Wildman–Crippen LogP) is 1.14. The number of ether oxygens (including phenoxy) is 2. The average molecular weight is 313 g/mol. The highest BCUT2D eigenvalue weighted by Gasteiger charge is 2.21. The van der Waals surface area contributed by atoms with E-state index >= 15 is 0 Å². The summed E-state index contributed by atoms with van der Waals surface area (Å²) in [6, 6.07) is 2.88. The zero-order valence-corrected chi connectivity index (χ0v) is 12.9. The second-order valence-electron chi connectivity index (χ2n) is 5.29. The third kappa shape index (κ3) is 3.81. The largest absolute Gasteiger partial charge is 0.462 e. The number of hydrogen-bond donors (Lipinski definition) is 1. The Morgan fingerprint density at radius 2 is 2.14 bits per heavy atom. The molecule has 6 nitrogen and oxygen atoms in total. The molecule has 0 bridgehead atoms. The Kier molecular flexibility index (Phi) is 4.65. The van der Waals surface area contributed by atoms with Crippen molar-refractivity contribution >= 4 is 16.0 Å². The van der Waals surface area contributed by atoms with Crippen LogP contribution in [0.1, 0.15) is 27.9 Å². The summed E-state index contributed by atoms with van der Waals surface area (Å²) in [6.45, 7) is 4.92. The molecule has 2 N–H and O–H groups in total. The molecule has 0 radical (unpaired) electrons. The fourth-order valence-corrected chi connectivity index (χ4v) is 3.11. The molecule has 0 aliphatic carbocycles. The van der Waals surface area contributed by atoms with E-state index in [1.165, 1.54) is 6.07 Å². The zero-order chi connectivity index (χ0) is 15.6. The molecule has 116 valence electrons. The van der Waals surface area contributed by atoms with Gasteiger partial charge in [0.2, 0.25) is 10.0 Å². The standard InChI is InChI=1S/C14H19NO5S/c1-9-5-12(6-13(10(9)2)21(15,17)18)14(16)20-8-11-3-4-19-7-11/h5-6,11H,3-4,7-8H2,1-2H3,(H2,15,17,18). The van der Waals surface area contributed by atoms with Gasteiger partial charge in [0.25, 0.3) is 0 Å². The molecule has 0 aromatic heterocycles. The first-order valence-corrected chi connectivity index (χ1v) is 8.22. The molecule has 1 saturated heterocycles. The molecule has 1 aromatic carbocycles. The summed E-state index contributed by atoms with van der Waals surface area (Å²) in [6.07, 6.45) is 0.864. The van der Waals surface area contributed by atoms with Gasteiger partial charge in [0.1, 0.15) is 0 Å². The molecule has 1 aromatic rings. The Hall–Kier alpha value is -1.44. The lowest BCUT2D eigenvalue weighted by Gasteiger charge is -2.12. The fraction of sp³-hybridized carbons (Fsp3) is 0.500. The van der Waals surface area contributed by atoms with E-state index in [2.05, 4.69) is 0 Å². The number of aryl methyl sites for hydroxylation is 1. The van der Waals surface area contributed by atoms with Gasteiger partial charge in [0.15, 0.2) is 0 Å². The van der Waals surface area contributed by atoms with Gasteiger partial charge in [-0.25, -0.2) is 18.4 Å². The van der Waals surface area contributed by atoms with Gasteiger partial charge in [-0.3, -0.25) is 0 Å². The number of sulfonamides is 1. The molecule has 1 fully saturated rings. The van der Waals surface area contributed by atoms with Crippen LogP contribution in [-0.4, -0.2) is 34.2 Å². The van der Waals surface area contributed by atoms with Crippen LogP contribution < -0.4 is 5.14 Å². The molecule has 0 spiro atoms. The molecular formula is C14H19NO5S. The van der Waals surface area contributed by atoms with Crippen molar-refractivity contribution in [1.82, 2.24) is 0 Å². The minimum atomic E-state index is -3.87. The first-order valence-electron chi connectivity index (χ1n) is 6.68. The summed E-state index contributed by atoms with van der Waals surface area (Å²) in [5.41, 5.74) is 1.41. The molecular weight excluding hydrogens is 294 g/mol. The minimum absolute atomic E-state index is 0.0429. The smallest absolute Gasteiger partial charge is 0.338 e. The number of carbonyl (C=O) groups excluding carboxylic acids is 1. The number of rotatable bonds is 4. The number of hydrogen-bond acceptors (Lipinski definition) is 5. The Morgan fingerprint density at radius 1 is 1.43 bits per heavy atom. The summed E-state index contributed by atoms with van der Waals surface area (Å²) < 4.78 is 33.5. The number of esters is 1. The molecule has 1 aliphatic heterocycles. The van der Waals surface area contributed by atoms with Crippen LogP contribution in [0.3, 0.4) is 0 Å². The van der Waals surface area contributed by atoms with Gasteiger partial charge in [-0.1, -0.05) is 0 Å². The van der Waals surface area contributed by atoms with Crippen LogP contribution in [0.5, 0.6) is 0 Å². The highest BCUT2D eigenvalue weighted by atomic mass is 32.2. The van der Waals surface area contributed by atoms with Crippen LogP contribution in [0.25, 0.3) is 0 Å². The van der Waals surface area contributed by atoms with Crippen molar-refractivity contribution in [3.63, 3.8) is 0 Å². The van der Waals surface area contributed by atoms with E-state index in [1.54, 1.807) is 19.9 Å². The normalized spacial score (nSPS) is 18.7. The van der Waals surface area contributed by atoms with Crippen LogP contribution >= 0.6 is 0 Å². The summed E-state index contributed by atoms with van der Waals surface area (Å²) in [5, 5.41) is 5.17. The third-order valence-electron chi connectivity index (χ3n) is 3.64. The van der Waals surface area contributed by atoms with Gasteiger partial charge in [-0.2, -0.15) is 0 Å². The Labute approximate surface area is 124 Å². The highest BCUT2D eigenvalue weighted by molar-refractivity contribution is 7.89. The van der Waals surface area contributed by atoms with Crippen molar-refractivity contribution < 1.29 is 22.7 Å². The lowest BCUT2D eigenvalue weighted by Crippen LogP contribution is -2.18. The van der Waals surface area contributed by atoms with Crippen LogP contribution in [-0.2, 0) is 19.5 Å². The summed E-state index contributed by atoms with van der Waals surface area (Å²) in [7, 11) is -3.87. The highest BCUT2D eigenvalue weighted by Crippen LogP contribution is 2.21. The van der Waals surface area contributed by atoms with E-state index in [0.29, 0.717) is 24.3 Å². The van der Waals surface area contributed by atoms with E-state index in [1.807, 2.05) is 0 Å². The topological polar surface area (TPSA) is 95.7 Å². The van der Waals surface area contributed by atoms with Crippen molar-refractivity contribution in [3.05, 3.63) is 28.8 Å². The van der Waals surface area contributed by atoms with Crippen LogP contribution in [0.4, 0.5) is 0 Å². The first-order chi connectivity index (χ1) is 9.79. The number of carbonyl (C=O) groups is 1. The van der Waals surface area contributed by atoms with Gasteiger partial charge in [0, 0.05) is 12.5 Å². The maximum absolute atomic E-state index is 12.0. The maximum Gasteiger partial charge on any atom is 0.338 e. The second kappa shape index (κ2) is 6.13. The van der Waals surface area contributed by atoms with Crippen molar-refractivity contribution in [1.29, 1.82) is 0 Å². The lowest BCUT2D eigenvalue weighted by molar-refractivity contribution is 0.0428. The fourth-order valence-electron chi connectivity index (χ4n) is 2.23. The van der Waals surface area contributed by atoms with Crippen LogP contribution in [0.15, 0.2) is 17.0 Å². The van der Waals surface area contributed by atoms with Crippen molar-refractivity contribution in [3.8, 4) is 0 Å². The van der Waals surface area contributed by atoms with Crippen molar-refractivity contribution in [2.75, 3.05) is 19.8 Å². The summed E-state index contributed by atoms with van der Waals surface area (Å²) >= 11 is 0. The number of primary sulfonamides is 1. The Morgan fingerprint density at radius 3 is 2.71 bits per heavy atom. The second-order valence-corrected chi connectivity index (χ2v) is 6.82. The van der Waals surface area contributed by atoms with Gasteiger partial charge in [-0.15, -0.1) is 0 Å². The molecule has 1 aliphatic rings.